The lowest BCUT2D eigenvalue weighted by Crippen LogP contribution is -2.46. The zero-order valence-corrected chi connectivity index (χ0v) is 17.5. The summed E-state index contributed by atoms with van der Waals surface area (Å²) in [5, 5.41) is 10.7. The molecule has 0 heterocycles. The largest absolute Gasteiger partial charge is 0.496 e. The van der Waals surface area contributed by atoms with E-state index in [4.69, 9.17) is 9.47 Å². The van der Waals surface area contributed by atoms with Crippen molar-refractivity contribution in [2.75, 3.05) is 27.3 Å². The van der Waals surface area contributed by atoms with Gasteiger partial charge in [-0.25, -0.2) is 4.99 Å². The van der Waals surface area contributed by atoms with E-state index in [1.54, 1.807) is 43.6 Å². The molecule has 0 aliphatic rings. The van der Waals surface area contributed by atoms with Crippen LogP contribution < -0.4 is 4.74 Å². The van der Waals surface area contributed by atoms with Crippen molar-refractivity contribution in [1.82, 2.24) is 4.90 Å². The van der Waals surface area contributed by atoms with Gasteiger partial charge < -0.3 is 19.5 Å². The van der Waals surface area contributed by atoms with E-state index < -0.39 is 23.9 Å². The number of hydrogen-bond donors (Lipinski definition) is 1. The number of methoxy groups -OCH3 is 1. The van der Waals surface area contributed by atoms with E-state index in [1.165, 1.54) is 19.2 Å². The molecule has 30 heavy (non-hydrogen) atoms. The Morgan fingerprint density at radius 1 is 1.17 bits per heavy atom. The Bertz CT molecular complexity index is 857. The Morgan fingerprint density at radius 2 is 1.83 bits per heavy atom. The van der Waals surface area contributed by atoms with E-state index in [-0.39, 0.29) is 12.4 Å². The Kier molecular flexibility index (Phi) is 7.86. The lowest BCUT2D eigenvalue weighted by molar-refractivity contribution is -0.283. The number of aliphatic hydroxyl groups is 1. The number of benzene rings is 2. The molecule has 8 heteroatoms. The molecular formula is C22H27F3N2O3. The van der Waals surface area contributed by atoms with E-state index in [0.29, 0.717) is 16.8 Å². The second-order valence-electron chi connectivity index (χ2n) is 6.99. The second-order valence-corrected chi connectivity index (χ2v) is 6.99. The molecule has 0 aliphatic carbocycles. The third kappa shape index (κ3) is 5.52. The van der Waals surface area contributed by atoms with Gasteiger partial charge in [-0.1, -0.05) is 30.3 Å². The molecule has 1 unspecified atom stereocenters. The van der Waals surface area contributed by atoms with Crippen molar-refractivity contribution < 1.29 is 27.8 Å². The highest BCUT2D eigenvalue weighted by Crippen LogP contribution is 2.45. The summed E-state index contributed by atoms with van der Waals surface area (Å²) in [7, 11) is 3.08. The van der Waals surface area contributed by atoms with Crippen LogP contribution in [0.4, 0.5) is 18.9 Å². The van der Waals surface area contributed by atoms with E-state index in [2.05, 4.69) is 4.99 Å². The number of hydrogen-bond acceptors (Lipinski definition) is 4. The molecule has 0 saturated heterocycles. The average molecular weight is 424 g/mol. The van der Waals surface area contributed by atoms with Crippen LogP contribution in [0.3, 0.4) is 0 Å². The first kappa shape index (κ1) is 23.7. The fourth-order valence-corrected chi connectivity index (χ4v) is 2.75. The van der Waals surface area contributed by atoms with Gasteiger partial charge in [-0.2, -0.15) is 13.2 Å². The highest BCUT2D eigenvalue weighted by atomic mass is 19.4. The molecule has 0 amide bonds. The van der Waals surface area contributed by atoms with Crippen molar-refractivity contribution in [3.8, 4) is 5.75 Å². The van der Waals surface area contributed by atoms with Crippen LogP contribution in [-0.2, 0) is 16.9 Å². The van der Waals surface area contributed by atoms with Crippen LogP contribution in [0.15, 0.2) is 47.5 Å². The topological polar surface area (TPSA) is 54.3 Å². The lowest BCUT2D eigenvalue weighted by Gasteiger charge is -2.32. The molecule has 0 radical (unpaired) electrons. The molecule has 0 aromatic heterocycles. The quantitative estimate of drug-likeness (QED) is 0.473. The van der Waals surface area contributed by atoms with Crippen LogP contribution in [0, 0.1) is 6.92 Å². The van der Waals surface area contributed by atoms with Crippen LogP contribution >= 0.6 is 0 Å². The molecule has 1 atom stereocenters. The van der Waals surface area contributed by atoms with Crippen molar-refractivity contribution in [3.63, 3.8) is 0 Å². The number of rotatable bonds is 9. The van der Waals surface area contributed by atoms with Crippen LogP contribution in [0.2, 0.25) is 0 Å². The van der Waals surface area contributed by atoms with Gasteiger partial charge in [0.05, 0.1) is 32.3 Å². The maximum atomic E-state index is 13.9. The molecule has 0 spiro atoms. The fraction of sp³-hybridized carbons (Fsp3) is 0.409. The summed E-state index contributed by atoms with van der Waals surface area (Å²) in [5.74, 6) is -0.116. The summed E-state index contributed by atoms with van der Waals surface area (Å²) in [5.41, 5.74) is -2.02. The van der Waals surface area contributed by atoms with E-state index >= 15 is 0 Å². The predicted octanol–water partition coefficient (Wildman–Crippen LogP) is 4.58. The first-order chi connectivity index (χ1) is 14.1. The Labute approximate surface area is 174 Å². The maximum Gasteiger partial charge on any atom is 0.423 e. The van der Waals surface area contributed by atoms with Crippen molar-refractivity contribution in [2.24, 2.45) is 4.99 Å². The van der Waals surface area contributed by atoms with E-state index in [0.717, 1.165) is 6.54 Å². The van der Waals surface area contributed by atoms with Gasteiger partial charge in [0.25, 0.3) is 0 Å². The predicted molar refractivity (Wildman–Crippen MR) is 110 cm³/mol. The van der Waals surface area contributed by atoms with Crippen molar-refractivity contribution >= 4 is 12.0 Å². The summed E-state index contributed by atoms with van der Waals surface area (Å²) in [6, 6.07) is 11.4. The van der Waals surface area contributed by atoms with Gasteiger partial charge in [-0.3, -0.25) is 0 Å². The Balaban J connectivity index is 2.38. The molecule has 0 fully saturated rings. The molecule has 1 N–H and O–H groups in total. The Morgan fingerprint density at radius 3 is 2.40 bits per heavy atom. The SMILES string of the molecule is CCN(C)C=Nc1cc(OC)c(C(O)(COCc2ccccc2)C(F)(F)F)cc1C. The monoisotopic (exact) mass is 424 g/mol. The zero-order chi connectivity index (χ0) is 22.4. The number of ether oxygens (including phenoxy) is 2. The lowest BCUT2D eigenvalue weighted by atomic mass is 9.91. The molecule has 0 aliphatic heterocycles. The number of alkyl halides is 3. The van der Waals surface area contributed by atoms with Gasteiger partial charge in [0.15, 0.2) is 0 Å². The number of aryl methyl sites for hydroxylation is 1. The van der Waals surface area contributed by atoms with Gasteiger partial charge in [-0.15, -0.1) is 0 Å². The minimum Gasteiger partial charge on any atom is -0.496 e. The fourth-order valence-electron chi connectivity index (χ4n) is 2.75. The molecule has 0 bridgehead atoms. The number of aliphatic imine (C=N–C) groups is 1. The summed E-state index contributed by atoms with van der Waals surface area (Å²) >= 11 is 0. The smallest absolute Gasteiger partial charge is 0.423 e. The Hall–Kier alpha value is -2.58. The first-order valence-electron chi connectivity index (χ1n) is 9.46. The van der Waals surface area contributed by atoms with Crippen LogP contribution in [0.1, 0.15) is 23.6 Å². The normalized spacial score (nSPS) is 14.0. The summed E-state index contributed by atoms with van der Waals surface area (Å²) in [4.78, 5) is 6.12. The van der Waals surface area contributed by atoms with Gasteiger partial charge in [0, 0.05) is 25.2 Å². The molecule has 2 rings (SSSR count). The average Bonchev–Trinajstić information content (AvgIpc) is 2.72. The van der Waals surface area contributed by atoms with E-state index in [9.17, 15) is 18.3 Å². The van der Waals surface area contributed by atoms with Gasteiger partial charge in [-0.05, 0) is 31.0 Å². The molecular weight excluding hydrogens is 397 g/mol. The first-order valence-corrected chi connectivity index (χ1v) is 9.46. The van der Waals surface area contributed by atoms with Gasteiger partial charge >= 0.3 is 6.18 Å². The van der Waals surface area contributed by atoms with E-state index in [1.807, 2.05) is 18.9 Å². The number of halogens is 3. The van der Waals surface area contributed by atoms with Gasteiger partial charge in [0.1, 0.15) is 5.75 Å². The number of nitrogens with zero attached hydrogens (tertiary/aromatic N) is 2. The molecule has 164 valence electrons. The van der Waals surface area contributed by atoms with Crippen LogP contribution in [-0.4, -0.2) is 49.8 Å². The van der Waals surface area contributed by atoms with Crippen molar-refractivity contribution in [1.29, 1.82) is 0 Å². The standard InChI is InChI=1S/C22H27F3N2O3/c1-5-27(3)15-26-19-12-20(29-4)18(11-16(19)2)21(28,22(23,24)25)14-30-13-17-9-7-6-8-10-17/h6-12,15,28H,5,13-14H2,1-4H3. The van der Waals surface area contributed by atoms with Crippen molar-refractivity contribution in [2.45, 2.75) is 32.2 Å². The molecule has 5 nitrogen and oxygen atoms in total. The van der Waals surface area contributed by atoms with Crippen molar-refractivity contribution in [3.05, 3.63) is 59.2 Å². The molecule has 2 aromatic rings. The summed E-state index contributed by atoms with van der Waals surface area (Å²) < 4.78 is 52.3. The van der Waals surface area contributed by atoms with Crippen LogP contribution in [0.5, 0.6) is 5.75 Å². The molecule has 0 saturated carbocycles. The zero-order valence-electron chi connectivity index (χ0n) is 17.5. The minimum absolute atomic E-state index is 0.0632. The third-order valence-corrected chi connectivity index (χ3v) is 4.75. The summed E-state index contributed by atoms with van der Waals surface area (Å²) in [6.45, 7) is 3.27. The minimum atomic E-state index is -4.98. The molecule has 2 aromatic carbocycles. The van der Waals surface area contributed by atoms with Crippen LogP contribution in [0.25, 0.3) is 0 Å². The highest BCUT2D eigenvalue weighted by molar-refractivity contribution is 5.65. The second kappa shape index (κ2) is 9.95. The third-order valence-electron chi connectivity index (χ3n) is 4.75. The highest BCUT2D eigenvalue weighted by Gasteiger charge is 2.56. The van der Waals surface area contributed by atoms with Gasteiger partial charge in [0.2, 0.25) is 5.60 Å². The summed E-state index contributed by atoms with van der Waals surface area (Å²) in [6.07, 6.45) is -3.39. The maximum absolute atomic E-state index is 13.9.